The predicted molar refractivity (Wildman–Crippen MR) is 84.0 cm³/mol. The van der Waals surface area contributed by atoms with Gasteiger partial charge in [-0.2, -0.15) is 0 Å². The van der Waals surface area contributed by atoms with Gasteiger partial charge in [0.2, 0.25) is 6.79 Å². The Bertz CT molecular complexity index is 758. The molecule has 6 nitrogen and oxygen atoms in total. The standard InChI is InChI=1S/C16H13BrO6/c1-20-10-2-3-11(13(18)5-10)16(19)21-7-9-4-14-15(6-12(9)17)23-8-22-14/h2-6,18H,7-8H2,1H3. The Labute approximate surface area is 140 Å². The highest BCUT2D eigenvalue weighted by atomic mass is 79.9. The molecule has 0 amide bonds. The van der Waals surface area contributed by atoms with Crippen molar-refractivity contribution in [1.82, 2.24) is 0 Å². The number of methoxy groups -OCH3 is 1. The van der Waals surface area contributed by atoms with Gasteiger partial charge >= 0.3 is 5.97 Å². The second-order valence-corrected chi connectivity index (χ2v) is 5.61. The number of benzene rings is 2. The van der Waals surface area contributed by atoms with E-state index in [1.807, 2.05) is 0 Å². The fourth-order valence-electron chi connectivity index (χ4n) is 2.10. The third-order valence-electron chi connectivity index (χ3n) is 3.33. The third-order valence-corrected chi connectivity index (χ3v) is 4.06. The molecule has 0 unspecified atom stereocenters. The number of fused-ring (bicyclic) bond motifs is 1. The maximum Gasteiger partial charge on any atom is 0.342 e. The summed E-state index contributed by atoms with van der Waals surface area (Å²) in [6.45, 7) is 0.201. The lowest BCUT2D eigenvalue weighted by Gasteiger charge is -2.09. The number of ether oxygens (including phenoxy) is 4. The second-order valence-electron chi connectivity index (χ2n) is 4.76. The lowest BCUT2D eigenvalue weighted by atomic mass is 10.2. The molecule has 0 aliphatic carbocycles. The number of hydrogen-bond acceptors (Lipinski definition) is 6. The van der Waals surface area contributed by atoms with Gasteiger partial charge in [-0.15, -0.1) is 0 Å². The van der Waals surface area contributed by atoms with Crippen molar-refractivity contribution in [2.24, 2.45) is 0 Å². The minimum absolute atomic E-state index is 0.0293. The summed E-state index contributed by atoms with van der Waals surface area (Å²) in [5, 5.41) is 9.84. The molecule has 1 aliphatic rings. The van der Waals surface area contributed by atoms with Crippen molar-refractivity contribution in [3.8, 4) is 23.0 Å². The lowest BCUT2D eigenvalue weighted by molar-refractivity contribution is 0.0468. The van der Waals surface area contributed by atoms with Crippen LogP contribution in [0.4, 0.5) is 0 Å². The lowest BCUT2D eigenvalue weighted by Crippen LogP contribution is -2.06. The maximum absolute atomic E-state index is 12.1. The highest BCUT2D eigenvalue weighted by Gasteiger charge is 2.18. The van der Waals surface area contributed by atoms with E-state index in [1.165, 1.54) is 19.2 Å². The van der Waals surface area contributed by atoms with Gasteiger partial charge in [0, 0.05) is 16.1 Å². The zero-order chi connectivity index (χ0) is 16.4. The molecule has 0 saturated carbocycles. The Morgan fingerprint density at radius 1 is 1.26 bits per heavy atom. The van der Waals surface area contributed by atoms with Gasteiger partial charge in [0.25, 0.3) is 0 Å². The van der Waals surface area contributed by atoms with Crippen LogP contribution in [0.3, 0.4) is 0 Å². The van der Waals surface area contributed by atoms with E-state index in [0.717, 1.165) is 10.0 Å². The number of phenolic OH excluding ortho intramolecular Hbond substituents is 1. The van der Waals surface area contributed by atoms with Crippen molar-refractivity contribution in [3.63, 3.8) is 0 Å². The van der Waals surface area contributed by atoms with E-state index in [4.69, 9.17) is 18.9 Å². The molecule has 1 aliphatic heterocycles. The average molecular weight is 381 g/mol. The van der Waals surface area contributed by atoms with Gasteiger partial charge in [0.15, 0.2) is 11.5 Å². The number of esters is 1. The number of carbonyl (C=O) groups excluding carboxylic acids is 1. The van der Waals surface area contributed by atoms with Crippen molar-refractivity contribution in [2.45, 2.75) is 6.61 Å². The Morgan fingerprint density at radius 3 is 2.70 bits per heavy atom. The molecule has 3 rings (SSSR count). The van der Waals surface area contributed by atoms with Crippen LogP contribution in [0.15, 0.2) is 34.8 Å². The molecule has 120 valence electrons. The first-order chi connectivity index (χ1) is 11.1. The second kappa shape index (κ2) is 6.37. The number of hydrogen-bond donors (Lipinski definition) is 1. The highest BCUT2D eigenvalue weighted by molar-refractivity contribution is 9.10. The fourth-order valence-corrected chi connectivity index (χ4v) is 2.54. The van der Waals surface area contributed by atoms with Gasteiger partial charge in [-0.05, 0) is 24.3 Å². The van der Waals surface area contributed by atoms with Crippen molar-refractivity contribution in [3.05, 3.63) is 45.9 Å². The SMILES string of the molecule is COc1ccc(C(=O)OCc2cc3c(cc2Br)OCO3)c(O)c1. The monoisotopic (exact) mass is 380 g/mol. The van der Waals surface area contributed by atoms with Crippen LogP contribution in [-0.4, -0.2) is 25.0 Å². The minimum Gasteiger partial charge on any atom is -0.507 e. The molecule has 0 atom stereocenters. The summed E-state index contributed by atoms with van der Waals surface area (Å²) in [4.78, 5) is 12.1. The Kier molecular flexibility index (Phi) is 4.29. The van der Waals surface area contributed by atoms with Crippen LogP contribution >= 0.6 is 15.9 Å². The van der Waals surface area contributed by atoms with Crippen LogP contribution in [0.5, 0.6) is 23.0 Å². The molecule has 23 heavy (non-hydrogen) atoms. The first-order valence-electron chi connectivity index (χ1n) is 6.70. The number of carbonyl (C=O) groups is 1. The Morgan fingerprint density at radius 2 is 2.00 bits per heavy atom. The molecule has 7 heteroatoms. The summed E-state index contributed by atoms with van der Waals surface area (Å²) in [7, 11) is 1.48. The van der Waals surface area contributed by atoms with Gasteiger partial charge in [-0.25, -0.2) is 4.79 Å². The van der Waals surface area contributed by atoms with Crippen molar-refractivity contribution < 1.29 is 28.8 Å². The highest BCUT2D eigenvalue weighted by Crippen LogP contribution is 2.37. The first-order valence-corrected chi connectivity index (χ1v) is 7.50. The van der Waals surface area contributed by atoms with Crippen LogP contribution < -0.4 is 14.2 Å². The molecule has 0 radical (unpaired) electrons. The van der Waals surface area contributed by atoms with Crippen molar-refractivity contribution in [2.75, 3.05) is 13.9 Å². The molecular formula is C16H13BrO6. The molecule has 0 aromatic heterocycles. The molecule has 2 aromatic rings. The van der Waals surface area contributed by atoms with Crippen LogP contribution in [-0.2, 0) is 11.3 Å². The normalized spacial score (nSPS) is 12.1. The first kappa shape index (κ1) is 15.5. The van der Waals surface area contributed by atoms with E-state index >= 15 is 0 Å². The van der Waals surface area contributed by atoms with E-state index in [9.17, 15) is 9.90 Å². The zero-order valence-corrected chi connectivity index (χ0v) is 13.8. The van der Waals surface area contributed by atoms with Crippen molar-refractivity contribution >= 4 is 21.9 Å². The maximum atomic E-state index is 12.1. The molecule has 0 fully saturated rings. The molecule has 1 N–H and O–H groups in total. The van der Waals surface area contributed by atoms with Crippen molar-refractivity contribution in [1.29, 1.82) is 0 Å². The number of halogens is 1. The fraction of sp³-hybridized carbons (Fsp3) is 0.188. The zero-order valence-electron chi connectivity index (χ0n) is 12.2. The Balaban J connectivity index is 1.72. The van der Waals surface area contributed by atoms with Crippen LogP contribution in [0.1, 0.15) is 15.9 Å². The van der Waals surface area contributed by atoms with Gasteiger partial charge in [-0.1, -0.05) is 15.9 Å². The van der Waals surface area contributed by atoms with Crippen LogP contribution in [0.25, 0.3) is 0 Å². The van der Waals surface area contributed by atoms with E-state index in [1.54, 1.807) is 18.2 Å². The van der Waals surface area contributed by atoms with Gasteiger partial charge in [0.05, 0.1) is 7.11 Å². The molecule has 2 aromatic carbocycles. The van der Waals surface area contributed by atoms with E-state index in [2.05, 4.69) is 15.9 Å². The quantitative estimate of drug-likeness (QED) is 0.820. The van der Waals surface area contributed by atoms with Gasteiger partial charge in [0.1, 0.15) is 23.7 Å². The van der Waals surface area contributed by atoms with E-state index in [0.29, 0.717) is 17.2 Å². The summed E-state index contributed by atoms with van der Waals surface area (Å²) < 4.78 is 21.5. The molecule has 0 saturated heterocycles. The summed E-state index contributed by atoms with van der Waals surface area (Å²) in [6.07, 6.45) is 0. The van der Waals surface area contributed by atoms with E-state index in [-0.39, 0.29) is 24.7 Å². The summed E-state index contributed by atoms with van der Waals surface area (Å²) in [5.41, 5.74) is 0.804. The smallest absolute Gasteiger partial charge is 0.342 e. The Hall–Kier alpha value is -2.41. The largest absolute Gasteiger partial charge is 0.507 e. The predicted octanol–water partition coefficient (Wildman–Crippen LogP) is 3.25. The number of phenols is 1. The van der Waals surface area contributed by atoms with Gasteiger partial charge in [-0.3, -0.25) is 0 Å². The topological polar surface area (TPSA) is 74.2 Å². The number of aromatic hydroxyl groups is 1. The molecular weight excluding hydrogens is 368 g/mol. The average Bonchev–Trinajstić information content (AvgIpc) is 2.99. The molecule has 0 bridgehead atoms. The van der Waals surface area contributed by atoms with Crippen LogP contribution in [0, 0.1) is 0 Å². The van der Waals surface area contributed by atoms with E-state index < -0.39 is 5.97 Å². The van der Waals surface area contributed by atoms with Crippen LogP contribution in [0.2, 0.25) is 0 Å². The summed E-state index contributed by atoms with van der Waals surface area (Å²) in [6, 6.07) is 7.88. The minimum atomic E-state index is -0.630. The van der Waals surface area contributed by atoms with Gasteiger partial charge < -0.3 is 24.1 Å². The third kappa shape index (κ3) is 3.19. The molecule has 0 spiro atoms. The summed E-state index contributed by atoms with van der Waals surface area (Å²) >= 11 is 3.40. The summed E-state index contributed by atoms with van der Waals surface area (Å²) in [5.74, 6) is 0.873. The number of rotatable bonds is 4. The molecule has 1 heterocycles.